The summed E-state index contributed by atoms with van der Waals surface area (Å²) in [6, 6.07) is 18.4. The van der Waals surface area contributed by atoms with Gasteiger partial charge in [0.25, 0.3) is 0 Å². The molecule has 1 aliphatic carbocycles. The van der Waals surface area contributed by atoms with Crippen molar-refractivity contribution in [3.8, 4) is 0 Å². The summed E-state index contributed by atoms with van der Waals surface area (Å²) in [5.74, 6) is -0.401. The molecule has 2 N–H and O–H groups in total. The van der Waals surface area contributed by atoms with Crippen LogP contribution < -0.4 is 5.73 Å². The maximum Gasteiger partial charge on any atom is 0.333 e. The average molecular weight is 353 g/mol. The molecule has 1 atom stereocenters. The standard InChI is InChI=1S/C21H23NO2S/c1-20(2,3)24-19(23)13-18(22)21(25-16-10-5-4-6-11-16)14-15-9-7-8-12-17(15)21/h4-13H,14,22H2,1-3H3/b18-13+. The molecule has 0 bridgehead atoms. The van der Waals surface area contributed by atoms with E-state index in [1.54, 1.807) is 11.8 Å². The number of esters is 1. The second kappa shape index (κ2) is 6.60. The molecule has 1 unspecified atom stereocenters. The molecule has 130 valence electrons. The molecular weight excluding hydrogens is 330 g/mol. The van der Waals surface area contributed by atoms with Crippen LogP contribution in [0.2, 0.25) is 0 Å². The zero-order chi connectivity index (χ0) is 18.1. The van der Waals surface area contributed by atoms with Crippen molar-refractivity contribution >= 4 is 17.7 Å². The zero-order valence-electron chi connectivity index (χ0n) is 14.8. The lowest BCUT2D eigenvalue weighted by Crippen LogP contribution is -2.41. The van der Waals surface area contributed by atoms with Crippen LogP contribution in [0.1, 0.15) is 31.9 Å². The van der Waals surface area contributed by atoms with Crippen molar-refractivity contribution in [1.82, 2.24) is 0 Å². The van der Waals surface area contributed by atoms with Gasteiger partial charge in [0, 0.05) is 16.7 Å². The van der Waals surface area contributed by atoms with Crippen molar-refractivity contribution < 1.29 is 9.53 Å². The summed E-state index contributed by atoms with van der Waals surface area (Å²) in [5.41, 5.74) is 8.87. The van der Waals surface area contributed by atoms with E-state index in [-0.39, 0.29) is 0 Å². The van der Waals surface area contributed by atoms with Crippen LogP contribution in [0.5, 0.6) is 0 Å². The highest BCUT2D eigenvalue weighted by Gasteiger charge is 2.46. The minimum atomic E-state index is -0.537. The van der Waals surface area contributed by atoms with Crippen LogP contribution >= 0.6 is 11.8 Å². The van der Waals surface area contributed by atoms with E-state index in [2.05, 4.69) is 24.3 Å². The molecule has 3 nitrogen and oxygen atoms in total. The molecule has 2 aromatic carbocycles. The van der Waals surface area contributed by atoms with Gasteiger partial charge in [0.2, 0.25) is 0 Å². The fraction of sp³-hybridized carbons (Fsp3) is 0.286. The Morgan fingerprint density at radius 1 is 1.12 bits per heavy atom. The second-order valence-electron chi connectivity index (χ2n) is 7.21. The molecule has 0 radical (unpaired) electrons. The molecule has 0 fully saturated rings. The molecule has 1 aliphatic rings. The monoisotopic (exact) mass is 353 g/mol. The quantitative estimate of drug-likeness (QED) is 0.653. The minimum Gasteiger partial charge on any atom is -0.457 e. The fourth-order valence-electron chi connectivity index (χ4n) is 3.00. The van der Waals surface area contributed by atoms with Crippen molar-refractivity contribution in [1.29, 1.82) is 0 Å². The summed E-state index contributed by atoms with van der Waals surface area (Å²) in [7, 11) is 0. The lowest BCUT2D eigenvalue weighted by molar-refractivity contribution is -0.148. The third-order valence-electron chi connectivity index (χ3n) is 4.07. The number of ether oxygens (including phenoxy) is 1. The normalized spacial score (nSPS) is 19.7. The molecule has 2 aromatic rings. The Morgan fingerprint density at radius 3 is 2.40 bits per heavy atom. The van der Waals surface area contributed by atoms with Gasteiger partial charge in [-0.25, -0.2) is 4.79 Å². The SMILES string of the molecule is CC(C)(C)OC(=O)/C=C(/N)C1(Sc2ccccc2)Cc2ccccc21. The largest absolute Gasteiger partial charge is 0.457 e. The molecule has 4 heteroatoms. The first-order chi connectivity index (χ1) is 11.8. The maximum absolute atomic E-state index is 12.2. The number of nitrogens with two attached hydrogens (primary N) is 1. The molecule has 0 heterocycles. The van der Waals surface area contributed by atoms with Gasteiger partial charge in [-0.15, -0.1) is 11.8 Å². The maximum atomic E-state index is 12.2. The van der Waals surface area contributed by atoms with Gasteiger partial charge >= 0.3 is 5.97 Å². The number of thioether (sulfide) groups is 1. The lowest BCUT2D eigenvalue weighted by Gasteiger charge is -2.44. The van der Waals surface area contributed by atoms with E-state index >= 15 is 0 Å². The van der Waals surface area contributed by atoms with Crippen LogP contribution in [-0.4, -0.2) is 11.6 Å². The summed E-state index contributed by atoms with van der Waals surface area (Å²) in [6.45, 7) is 5.55. The Bertz CT molecular complexity index is 808. The Labute approximate surface area is 153 Å². The van der Waals surface area contributed by atoms with Crippen LogP contribution in [-0.2, 0) is 20.7 Å². The Balaban J connectivity index is 1.95. The van der Waals surface area contributed by atoms with Crippen molar-refractivity contribution in [2.75, 3.05) is 0 Å². The number of hydrogen-bond acceptors (Lipinski definition) is 4. The summed E-state index contributed by atoms with van der Waals surface area (Å²) in [5, 5.41) is 0. The third kappa shape index (κ3) is 3.74. The highest BCUT2D eigenvalue weighted by molar-refractivity contribution is 8.00. The van der Waals surface area contributed by atoms with Gasteiger partial charge in [0.15, 0.2) is 0 Å². The van der Waals surface area contributed by atoms with Crippen molar-refractivity contribution in [2.24, 2.45) is 5.73 Å². The number of carbonyl (C=O) groups excluding carboxylic acids is 1. The van der Waals surface area contributed by atoms with E-state index in [1.807, 2.05) is 51.1 Å². The highest BCUT2D eigenvalue weighted by atomic mass is 32.2. The molecule has 25 heavy (non-hydrogen) atoms. The molecule has 0 aromatic heterocycles. The van der Waals surface area contributed by atoms with Crippen LogP contribution in [0.15, 0.2) is 71.3 Å². The smallest absolute Gasteiger partial charge is 0.333 e. The van der Waals surface area contributed by atoms with Crippen LogP contribution in [0.4, 0.5) is 0 Å². The number of rotatable bonds is 4. The Kier molecular flexibility index (Phi) is 4.65. The van der Waals surface area contributed by atoms with Gasteiger partial charge in [-0.3, -0.25) is 0 Å². The number of benzene rings is 2. The van der Waals surface area contributed by atoms with Crippen molar-refractivity contribution in [3.05, 3.63) is 77.5 Å². The van der Waals surface area contributed by atoms with Crippen LogP contribution in [0.25, 0.3) is 0 Å². The van der Waals surface area contributed by atoms with E-state index in [0.717, 1.165) is 11.3 Å². The molecule has 0 amide bonds. The van der Waals surface area contributed by atoms with Crippen LogP contribution in [0.3, 0.4) is 0 Å². The third-order valence-corrected chi connectivity index (χ3v) is 5.53. The number of carbonyl (C=O) groups is 1. The lowest BCUT2D eigenvalue weighted by atomic mass is 9.74. The van der Waals surface area contributed by atoms with Gasteiger partial charge in [-0.05, 0) is 50.5 Å². The second-order valence-corrected chi connectivity index (χ2v) is 8.58. The van der Waals surface area contributed by atoms with Gasteiger partial charge in [-0.2, -0.15) is 0 Å². The van der Waals surface area contributed by atoms with Gasteiger partial charge in [-0.1, -0.05) is 42.5 Å². The van der Waals surface area contributed by atoms with Gasteiger partial charge < -0.3 is 10.5 Å². The van der Waals surface area contributed by atoms with E-state index < -0.39 is 16.3 Å². The fourth-order valence-corrected chi connectivity index (χ4v) is 4.41. The van der Waals surface area contributed by atoms with E-state index in [1.165, 1.54) is 17.2 Å². The summed E-state index contributed by atoms with van der Waals surface area (Å²) in [4.78, 5) is 13.4. The van der Waals surface area contributed by atoms with E-state index in [4.69, 9.17) is 10.5 Å². The van der Waals surface area contributed by atoms with E-state index in [0.29, 0.717) is 5.70 Å². The Morgan fingerprint density at radius 2 is 1.76 bits per heavy atom. The molecular formula is C21H23NO2S. The van der Waals surface area contributed by atoms with Crippen molar-refractivity contribution in [2.45, 2.75) is 42.4 Å². The van der Waals surface area contributed by atoms with E-state index in [9.17, 15) is 4.79 Å². The first-order valence-corrected chi connectivity index (χ1v) is 9.15. The molecule has 0 aliphatic heterocycles. The molecule has 0 saturated carbocycles. The van der Waals surface area contributed by atoms with Gasteiger partial charge in [0.1, 0.15) is 5.60 Å². The van der Waals surface area contributed by atoms with Gasteiger partial charge in [0.05, 0.1) is 4.75 Å². The predicted octanol–water partition coefficient (Wildman–Crippen LogP) is 4.41. The van der Waals surface area contributed by atoms with Crippen LogP contribution in [0, 0.1) is 0 Å². The number of fused-ring (bicyclic) bond motifs is 1. The highest BCUT2D eigenvalue weighted by Crippen LogP contribution is 2.55. The molecule has 0 spiro atoms. The summed E-state index contributed by atoms with van der Waals surface area (Å²) >= 11 is 1.69. The first-order valence-electron chi connectivity index (χ1n) is 8.33. The van der Waals surface area contributed by atoms with Crippen molar-refractivity contribution in [3.63, 3.8) is 0 Å². The summed E-state index contributed by atoms with van der Waals surface area (Å²) < 4.78 is 4.98. The molecule has 3 rings (SSSR count). The Hall–Kier alpha value is -2.20. The predicted molar refractivity (Wildman–Crippen MR) is 102 cm³/mol. The first kappa shape index (κ1) is 17.6. The zero-order valence-corrected chi connectivity index (χ0v) is 15.6. The average Bonchev–Trinajstić information content (AvgIpc) is 2.51. The minimum absolute atomic E-state index is 0.401. The summed E-state index contributed by atoms with van der Waals surface area (Å²) in [6.07, 6.45) is 2.24. The number of hydrogen-bond donors (Lipinski definition) is 1. The molecule has 0 saturated heterocycles. The topological polar surface area (TPSA) is 52.3 Å².